The minimum Gasteiger partial charge on any atom is -0.508 e. The maximum Gasteiger partial charge on any atom is 0.343 e. The molecule has 20 atom stereocenters. The number of aliphatic hydroxyl groups excluding tert-OH is 3. The molecule has 20 rings (SSSR count). The smallest absolute Gasteiger partial charge is 0.343 e. The predicted molar refractivity (Wildman–Crippen MR) is 354 cm³/mol. The molecule has 7 aliphatic carbocycles. The number of aliphatic hydroxyl groups is 5. The van der Waals surface area contributed by atoms with Gasteiger partial charge >= 0.3 is 5.97 Å². The van der Waals surface area contributed by atoms with Crippen molar-refractivity contribution < 1.29 is 49.6 Å². The SMILES string of the molecule is CN[C@H]1CSS[C@H]2CSS[C@H](CNCC[C@]3(c4ccccc4)CCCC4(CCCC4)C3)[C@H]3C[C@H]4[C@H]5C[C@@H]1[C@H](O)[C@]1(CC[C@H]6CC[C@@H]7C[C@H]2c2cc(O)ccc2[C@]671)[C@H]5O[C@H]1[C@H](C(=O)Oc2c(CO)[nH]c5ccc6cc7ccccc7cc6c25)O[C@@](O)([C@H]3O)[C@@]41O. The number of carbonyl (C=O) groups is 1. The highest BCUT2D eigenvalue weighted by molar-refractivity contribution is 8.78. The van der Waals surface area contributed by atoms with Crippen molar-refractivity contribution in [1.82, 2.24) is 15.6 Å². The first-order valence-electron chi connectivity index (χ1n) is 33.5. The van der Waals surface area contributed by atoms with Crippen LogP contribution < -0.4 is 15.4 Å². The molecule has 13 nitrogen and oxygen atoms in total. The van der Waals surface area contributed by atoms with Crippen molar-refractivity contribution in [3.8, 4) is 11.5 Å². The van der Waals surface area contributed by atoms with E-state index in [4.69, 9.17) is 14.2 Å². The number of hydrogen-bond donors (Lipinski definition) is 9. The maximum atomic E-state index is 16.0. The highest BCUT2D eigenvalue weighted by Gasteiger charge is 2.84. The van der Waals surface area contributed by atoms with Crippen molar-refractivity contribution in [1.29, 1.82) is 0 Å². The highest BCUT2D eigenvalue weighted by atomic mass is 33.1. The Labute approximate surface area is 536 Å². The molecule has 8 heterocycles. The Balaban J connectivity index is 0.813. The molecule has 9 N–H and O–H groups in total. The normalized spacial score (nSPS) is 41.6. The lowest BCUT2D eigenvalue weighted by molar-refractivity contribution is -0.381. The molecule has 3 spiro atoms. The summed E-state index contributed by atoms with van der Waals surface area (Å²) in [6, 6.07) is 33.4. The molecular formula is C72H85N3O10S4. The fourth-order valence-corrected chi connectivity index (χ4v) is 29.7. The van der Waals surface area contributed by atoms with Crippen molar-refractivity contribution in [2.45, 2.75) is 185 Å². The van der Waals surface area contributed by atoms with Crippen LogP contribution in [0.1, 0.15) is 131 Å². The molecule has 5 aromatic carbocycles. The first-order chi connectivity index (χ1) is 43.3. The molecular weight excluding hydrogens is 1200 g/mol. The van der Waals surface area contributed by atoms with Crippen LogP contribution in [0, 0.1) is 46.3 Å². The number of aromatic hydroxyl groups is 1. The number of ether oxygens (including phenoxy) is 3. The lowest BCUT2D eigenvalue weighted by Crippen LogP contribution is -2.80. The first-order valence-corrected chi connectivity index (χ1v) is 38.3. The zero-order valence-electron chi connectivity index (χ0n) is 50.7. The number of aromatic amines is 1. The summed E-state index contributed by atoms with van der Waals surface area (Å²) in [4.78, 5) is 19.3. The fraction of sp³-hybridized carbons (Fsp3) is 0.597. The van der Waals surface area contributed by atoms with Crippen LogP contribution in [0.25, 0.3) is 32.4 Å². The van der Waals surface area contributed by atoms with Crippen LogP contribution in [0.2, 0.25) is 0 Å². The Morgan fingerprint density at radius 2 is 1.56 bits per heavy atom. The van der Waals surface area contributed by atoms with Gasteiger partial charge in [0, 0.05) is 63.2 Å². The molecule has 89 heavy (non-hydrogen) atoms. The third-order valence-electron chi connectivity index (χ3n) is 26.1. The van der Waals surface area contributed by atoms with E-state index in [0.717, 1.165) is 83.7 Å². The molecule has 472 valence electrons. The van der Waals surface area contributed by atoms with Gasteiger partial charge in [-0.05, 0) is 200 Å². The molecule has 7 aliphatic heterocycles. The lowest BCUT2D eigenvalue weighted by atomic mass is 9.40. The van der Waals surface area contributed by atoms with E-state index in [1.54, 1.807) is 10.8 Å². The van der Waals surface area contributed by atoms with Gasteiger partial charge in [-0.3, -0.25) is 0 Å². The monoisotopic (exact) mass is 1280 g/mol. The van der Waals surface area contributed by atoms with E-state index in [1.165, 1.54) is 56.1 Å². The van der Waals surface area contributed by atoms with E-state index in [2.05, 4.69) is 70.2 Å². The van der Waals surface area contributed by atoms with Gasteiger partial charge in [0.25, 0.3) is 0 Å². The Morgan fingerprint density at radius 3 is 2.38 bits per heavy atom. The Bertz CT molecular complexity index is 3740. The Hall–Kier alpha value is -3.53. The van der Waals surface area contributed by atoms with Crippen molar-refractivity contribution in [2.75, 3.05) is 31.6 Å². The van der Waals surface area contributed by atoms with E-state index >= 15 is 4.79 Å². The number of fused-ring (bicyclic) bond motifs is 4. The lowest BCUT2D eigenvalue weighted by Gasteiger charge is -2.69. The summed E-state index contributed by atoms with van der Waals surface area (Å²) in [5, 5.41) is 90.9. The van der Waals surface area contributed by atoms with E-state index in [1.807, 2.05) is 81.9 Å². The number of aromatic nitrogens is 1. The second-order valence-electron chi connectivity index (χ2n) is 29.5. The number of hydrogen-bond acceptors (Lipinski definition) is 16. The number of esters is 1. The van der Waals surface area contributed by atoms with Crippen LogP contribution in [0.3, 0.4) is 0 Å². The number of phenols is 1. The van der Waals surface area contributed by atoms with Crippen molar-refractivity contribution in [2.24, 2.45) is 46.3 Å². The van der Waals surface area contributed by atoms with Crippen LogP contribution in [0.15, 0.2) is 97.1 Å². The van der Waals surface area contributed by atoms with Gasteiger partial charge in [0.1, 0.15) is 18.0 Å². The van der Waals surface area contributed by atoms with Gasteiger partial charge in [0.15, 0.2) is 17.5 Å². The minimum atomic E-state index is -2.70. The van der Waals surface area contributed by atoms with Crippen molar-refractivity contribution in [3.63, 3.8) is 0 Å². The maximum absolute atomic E-state index is 16.0. The number of nitrogens with one attached hydrogen (secondary N) is 3. The number of phenolic OH excluding ortho intramolecular Hbond substituents is 1. The summed E-state index contributed by atoms with van der Waals surface area (Å²) in [6.07, 6.45) is 9.76. The number of H-pyrrole nitrogens is 1. The van der Waals surface area contributed by atoms with E-state index < -0.39 is 83.1 Å². The van der Waals surface area contributed by atoms with Crippen LogP contribution in [-0.4, -0.2) is 132 Å². The second-order valence-corrected chi connectivity index (χ2v) is 34.8. The molecule has 14 aliphatic rings. The molecule has 17 heteroatoms. The number of rotatable bonds is 10. The molecule has 5 saturated heterocycles. The summed E-state index contributed by atoms with van der Waals surface area (Å²) in [7, 11) is 9.45. The van der Waals surface area contributed by atoms with Crippen LogP contribution >= 0.6 is 43.2 Å². The van der Waals surface area contributed by atoms with Gasteiger partial charge in [-0.15, -0.1) is 0 Å². The van der Waals surface area contributed by atoms with Crippen molar-refractivity contribution >= 4 is 81.6 Å². The molecule has 0 unspecified atom stereocenters. The highest BCUT2D eigenvalue weighted by Crippen LogP contribution is 2.78. The van der Waals surface area contributed by atoms with E-state index in [-0.39, 0.29) is 62.8 Å². The third-order valence-corrected chi connectivity index (χ3v) is 32.2. The molecule has 6 aromatic rings. The largest absolute Gasteiger partial charge is 0.508 e. The summed E-state index contributed by atoms with van der Waals surface area (Å²) >= 11 is 0. The summed E-state index contributed by atoms with van der Waals surface area (Å²) in [5.41, 5.74) is 1.32. The van der Waals surface area contributed by atoms with E-state index in [0.29, 0.717) is 42.1 Å². The standard InChI is InChI=1S/C72H85N3O10S4/c1-73-56-36-86-89-58-37-87-88-57(34-74-27-26-68(42-12-3-2-4-13-42)24-9-23-67(38-68)21-7-8-22-67)51-33-53-49-32-50(56)62(78)69(25-20-43-15-16-44-30-48(58)47-31-45(77)17-18-52(47)70(43,44)69)64(49)84-65-61(85-72(82,63(51)79)71(53,65)81)66(80)83-60-55(35-76)75-54-19-14-41-28-39-10-5-6-11-40(39)29-46(41)59(54)60/h2-6,10-14,17-19,28-29,31,43-44,48-51,53,56-58,61-65,73-79,81-82H,7-9,15-16,20-27,30,32-38H2,1H3/t43-,44-,48+,49-,50+,51-,53+,56+,57-,58+,61-,62+,63+,64+,65+,68-,69-,70+,71-,72+/m1/s1. The molecule has 0 radical (unpaired) electrons. The average Bonchev–Trinajstić information content (AvgIpc) is 1.55. The Kier molecular flexibility index (Phi) is 14.7. The topological polar surface area (TPSA) is 206 Å². The zero-order valence-corrected chi connectivity index (χ0v) is 54.0. The van der Waals surface area contributed by atoms with Crippen LogP contribution in [0.5, 0.6) is 11.5 Å². The van der Waals surface area contributed by atoms with Gasteiger partial charge in [-0.25, -0.2) is 4.79 Å². The van der Waals surface area contributed by atoms with Gasteiger partial charge in [0.05, 0.1) is 35.4 Å². The first kappa shape index (κ1) is 59.2. The molecule has 11 fully saturated rings. The molecule has 9 bridgehead atoms. The number of carbonyl (C=O) groups excluding carboxylic acids is 1. The predicted octanol–water partition coefficient (Wildman–Crippen LogP) is 11.6. The summed E-state index contributed by atoms with van der Waals surface area (Å²) in [5.74, 6) is -3.39. The van der Waals surface area contributed by atoms with Gasteiger partial charge in [-0.1, -0.05) is 129 Å². The van der Waals surface area contributed by atoms with Crippen LogP contribution in [0.4, 0.5) is 0 Å². The van der Waals surface area contributed by atoms with Crippen molar-refractivity contribution in [3.05, 3.63) is 119 Å². The third kappa shape index (κ3) is 8.47. The average molecular weight is 1280 g/mol. The molecule has 0 amide bonds. The number of benzene rings is 5. The Morgan fingerprint density at radius 1 is 0.775 bits per heavy atom. The van der Waals surface area contributed by atoms with Gasteiger partial charge < -0.3 is 60.5 Å². The molecule has 6 saturated carbocycles. The summed E-state index contributed by atoms with van der Waals surface area (Å²) in [6.45, 7) is 0.814. The zero-order chi connectivity index (χ0) is 60.4. The quantitative estimate of drug-likeness (QED) is 0.0271. The fourth-order valence-electron chi connectivity index (χ4n) is 22.6. The molecule has 1 aromatic heterocycles. The van der Waals surface area contributed by atoms with Gasteiger partial charge in [0.2, 0.25) is 5.79 Å². The summed E-state index contributed by atoms with van der Waals surface area (Å²) < 4.78 is 21.5. The van der Waals surface area contributed by atoms with Crippen LogP contribution in [-0.2, 0) is 31.7 Å². The minimum absolute atomic E-state index is 0.0363. The second kappa shape index (κ2) is 22.0. The van der Waals surface area contributed by atoms with Gasteiger partial charge in [-0.2, -0.15) is 0 Å². The van der Waals surface area contributed by atoms with E-state index in [9.17, 15) is 30.6 Å².